The summed E-state index contributed by atoms with van der Waals surface area (Å²) in [5.41, 5.74) is 9.37. The Hall–Kier alpha value is -1.36. The number of rotatable bonds is 2. The molecule has 90 valence electrons. The van der Waals surface area contributed by atoms with E-state index in [0.29, 0.717) is 0 Å². The highest BCUT2D eigenvalue weighted by Gasteiger charge is 2.26. The summed E-state index contributed by atoms with van der Waals surface area (Å²) in [6, 6.07) is 8.45. The summed E-state index contributed by atoms with van der Waals surface area (Å²) in [7, 11) is 2.10. The minimum atomic E-state index is 0.0647. The molecule has 0 bridgehead atoms. The first-order valence-electron chi connectivity index (χ1n) is 5.91. The summed E-state index contributed by atoms with van der Waals surface area (Å²) in [6.45, 7) is 1.98. The number of fused-ring (bicyclic) bond motifs is 3. The van der Waals surface area contributed by atoms with Crippen LogP contribution in [0.3, 0.4) is 0 Å². The molecule has 0 spiro atoms. The van der Waals surface area contributed by atoms with Gasteiger partial charge in [0.15, 0.2) is 0 Å². The minimum Gasteiger partial charge on any atom is -0.357 e. The molecule has 0 amide bonds. The molecule has 1 unspecified atom stereocenters. The van der Waals surface area contributed by atoms with Gasteiger partial charge in [-0.1, -0.05) is 18.2 Å². The Bertz CT molecular complexity index is 547. The molecule has 2 heterocycles. The molecular formula is C13H17N3O. The largest absolute Gasteiger partial charge is 0.357 e. The Labute approximate surface area is 100 Å². The van der Waals surface area contributed by atoms with Crippen molar-refractivity contribution in [3.63, 3.8) is 0 Å². The SMILES string of the molecule is Cn1c2c(c3ccccc31)C(OCN)CNC2. The molecule has 2 aromatic rings. The Balaban J connectivity index is 2.24. The van der Waals surface area contributed by atoms with E-state index in [1.165, 1.54) is 22.2 Å². The summed E-state index contributed by atoms with van der Waals surface area (Å²) < 4.78 is 7.87. The van der Waals surface area contributed by atoms with Crippen LogP contribution in [0.15, 0.2) is 24.3 Å². The molecule has 0 fully saturated rings. The molecule has 4 nitrogen and oxygen atoms in total. The van der Waals surface area contributed by atoms with Crippen molar-refractivity contribution in [1.82, 2.24) is 9.88 Å². The fourth-order valence-corrected chi connectivity index (χ4v) is 2.73. The summed E-state index contributed by atoms with van der Waals surface area (Å²) in [6.07, 6.45) is 0.0647. The van der Waals surface area contributed by atoms with Gasteiger partial charge in [-0.2, -0.15) is 0 Å². The van der Waals surface area contributed by atoms with Gasteiger partial charge < -0.3 is 20.4 Å². The summed E-state index contributed by atoms with van der Waals surface area (Å²) in [5.74, 6) is 0. The van der Waals surface area contributed by atoms with Gasteiger partial charge in [-0.3, -0.25) is 0 Å². The zero-order valence-electron chi connectivity index (χ0n) is 9.94. The van der Waals surface area contributed by atoms with E-state index in [0.717, 1.165) is 13.1 Å². The first kappa shape index (κ1) is 10.8. The topological polar surface area (TPSA) is 52.2 Å². The number of nitrogens with zero attached hydrogens (tertiary/aromatic N) is 1. The predicted octanol–water partition coefficient (Wildman–Crippen LogP) is 1.26. The number of ether oxygens (including phenoxy) is 1. The van der Waals surface area contributed by atoms with Gasteiger partial charge in [0, 0.05) is 42.3 Å². The van der Waals surface area contributed by atoms with Gasteiger partial charge in [0.1, 0.15) is 0 Å². The van der Waals surface area contributed by atoms with Crippen molar-refractivity contribution in [1.29, 1.82) is 0 Å². The van der Waals surface area contributed by atoms with E-state index in [1.807, 2.05) is 0 Å². The molecule has 1 aromatic carbocycles. The molecule has 0 saturated heterocycles. The number of nitrogens with two attached hydrogens (primary N) is 1. The number of hydrogen-bond donors (Lipinski definition) is 2. The minimum absolute atomic E-state index is 0.0647. The molecule has 0 saturated carbocycles. The van der Waals surface area contributed by atoms with E-state index in [1.54, 1.807) is 0 Å². The van der Waals surface area contributed by atoms with Gasteiger partial charge in [-0.05, 0) is 6.07 Å². The lowest BCUT2D eigenvalue weighted by Crippen LogP contribution is -2.31. The van der Waals surface area contributed by atoms with E-state index in [2.05, 4.69) is 41.2 Å². The van der Waals surface area contributed by atoms with Crippen molar-refractivity contribution in [2.24, 2.45) is 12.8 Å². The van der Waals surface area contributed by atoms with Gasteiger partial charge >= 0.3 is 0 Å². The fourth-order valence-electron chi connectivity index (χ4n) is 2.73. The predicted molar refractivity (Wildman–Crippen MR) is 67.5 cm³/mol. The Morgan fingerprint density at radius 3 is 3.12 bits per heavy atom. The van der Waals surface area contributed by atoms with E-state index >= 15 is 0 Å². The number of benzene rings is 1. The summed E-state index contributed by atoms with van der Waals surface area (Å²) in [5, 5.41) is 4.66. The van der Waals surface area contributed by atoms with Crippen LogP contribution < -0.4 is 11.1 Å². The van der Waals surface area contributed by atoms with Crippen molar-refractivity contribution in [3.05, 3.63) is 35.5 Å². The maximum Gasteiger partial charge on any atom is 0.0990 e. The third-order valence-corrected chi connectivity index (χ3v) is 3.51. The molecule has 1 atom stereocenters. The molecule has 17 heavy (non-hydrogen) atoms. The van der Waals surface area contributed by atoms with E-state index < -0.39 is 0 Å². The van der Waals surface area contributed by atoms with Crippen LogP contribution >= 0.6 is 0 Å². The maximum absolute atomic E-state index is 5.63. The number of para-hydroxylation sites is 1. The lowest BCUT2D eigenvalue weighted by atomic mass is 10.0. The molecule has 1 aliphatic rings. The smallest absolute Gasteiger partial charge is 0.0990 e. The highest BCUT2D eigenvalue weighted by Crippen LogP contribution is 2.34. The molecule has 1 aliphatic heterocycles. The van der Waals surface area contributed by atoms with E-state index in [-0.39, 0.29) is 12.8 Å². The molecule has 4 heteroatoms. The first-order chi connectivity index (χ1) is 8.33. The first-order valence-corrected chi connectivity index (χ1v) is 5.91. The standard InChI is InChI=1S/C13H17N3O/c1-16-10-5-3-2-4-9(10)13-11(16)6-15-7-12(13)17-8-14/h2-5,12,15H,6-8,14H2,1H3. The quantitative estimate of drug-likeness (QED) is 0.765. The summed E-state index contributed by atoms with van der Waals surface area (Å²) in [4.78, 5) is 0. The number of hydrogen-bond acceptors (Lipinski definition) is 3. The number of nitrogens with one attached hydrogen (secondary N) is 1. The fraction of sp³-hybridized carbons (Fsp3) is 0.385. The van der Waals surface area contributed by atoms with E-state index in [4.69, 9.17) is 10.5 Å². The zero-order chi connectivity index (χ0) is 11.8. The van der Waals surface area contributed by atoms with Crippen LogP contribution in [-0.4, -0.2) is 17.8 Å². The van der Waals surface area contributed by atoms with Gasteiger partial charge in [0.2, 0.25) is 0 Å². The average Bonchev–Trinajstić information content (AvgIpc) is 2.66. The second kappa shape index (κ2) is 4.14. The normalized spacial score (nSPS) is 19.5. The Morgan fingerprint density at radius 1 is 1.47 bits per heavy atom. The number of aromatic nitrogens is 1. The Morgan fingerprint density at radius 2 is 2.29 bits per heavy atom. The molecule has 3 rings (SSSR count). The Kier molecular flexibility index (Phi) is 2.63. The maximum atomic E-state index is 5.63. The second-order valence-electron chi connectivity index (χ2n) is 4.39. The van der Waals surface area contributed by atoms with Crippen molar-refractivity contribution in [2.45, 2.75) is 12.6 Å². The van der Waals surface area contributed by atoms with Gasteiger partial charge in [-0.25, -0.2) is 0 Å². The van der Waals surface area contributed by atoms with Crippen LogP contribution in [0.1, 0.15) is 17.4 Å². The molecule has 0 aliphatic carbocycles. The monoisotopic (exact) mass is 231 g/mol. The van der Waals surface area contributed by atoms with Gasteiger partial charge in [0.25, 0.3) is 0 Å². The second-order valence-corrected chi connectivity index (χ2v) is 4.39. The van der Waals surface area contributed by atoms with E-state index in [9.17, 15) is 0 Å². The van der Waals surface area contributed by atoms with Crippen LogP contribution in [0.5, 0.6) is 0 Å². The zero-order valence-corrected chi connectivity index (χ0v) is 9.94. The lowest BCUT2D eigenvalue weighted by Gasteiger charge is -2.24. The van der Waals surface area contributed by atoms with Crippen LogP contribution in [0.4, 0.5) is 0 Å². The highest BCUT2D eigenvalue weighted by molar-refractivity contribution is 5.86. The molecule has 3 N–H and O–H groups in total. The van der Waals surface area contributed by atoms with Crippen LogP contribution in [0, 0.1) is 0 Å². The van der Waals surface area contributed by atoms with Crippen LogP contribution in [-0.2, 0) is 18.3 Å². The van der Waals surface area contributed by atoms with Crippen molar-refractivity contribution in [3.8, 4) is 0 Å². The average molecular weight is 231 g/mol. The van der Waals surface area contributed by atoms with Crippen molar-refractivity contribution in [2.75, 3.05) is 13.3 Å². The lowest BCUT2D eigenvalue weighted by molar-refractivity contribution is 0.0525. The molecular weight excluding hydrogens is 214 g/mol. The van der Waals surface area contributed by atoms with Gasteiger partial charge in [-0.15, -0.1) is 0 Å². The third-order valence-electron chi connectivity index (χ3n) is 3.51. The van der Waals surface area contributed by atoms with Gasteiger partial charge in [0.05, 0.1) is 12.8 Å². The third kappa shape index (κ3) is 1.57. The summed E-state index contributed by atoms with van der Waals surface area (Å²) >= 11 is 0. The highest BCUT2D eigenvalue weighted by atomic mass is 16.5. The number of aryl methyl sites for hydroxylation is 1. The van der Waals surface area contributed by atoms with Crippen LogP contribution in [0.25, 0.3) is 10.9 Å². The van der Waals surface area contributed by atoms with Crippen LogP contribution in [0.2, 0.25) is 0 Å². The molecule has 0 radical (unpaired) electrons. The van der Waals surface area contributed by atoms with Crippen molar-refractivity contribution < 1.29 is 4.74 Å². The molecule has 1 aromatic heterocycles. The van der Waals surface area contributed by atoms with Crippen molar-refractivity contribution >= 4 is 10.9 Å².